The first-order valence-electron chi connectivity index (χ1n) is 10.8. The fraction of sp³-hybridized carbons (Fsp3) is 0.185. The molecule has 1 fully saturated rings. The Morgan fingerprint density at radius 1 is 1.00 bits per heavy atom. The zero-order valence-electron chi connectivity index (χ0n) is 18.9. The summed E-state index contributed by atoms with van der Waals surface area (Å²) in [6.07, 6.45) is 2.37. The second-order valence-electron chi connectivity index (χ2n) is 7.88. The summed E-state index contributed by atoms with van der Waals surface area (Å²) >= 11 is 3.17. The van der Waals surface area contributed by atoms with E-state index in [0.29, 0.717) is 36.0 Å². The molecule has 4 rings (SSSR count). The van der Waals surface area contributed by atoms with Gasteiger partial charge in [-0.2, -0.15) is 0 Å². The average molecular weight is 585 g/mol. The Balaban J connectivity index is 1.48. The lowest BCUT2D eigenvalue weighted by molar-refractivity contribution is -0.122. The molecule has 1 aliphatic heterocycles. The molecule has 1 heterocycles. The van der Waals surface area contributed by atoms with Crippen molar-refractivity contribution >= 4 is 51.6 Å². The number of benzene rings is 3. The number of methoxy groups -OCH3 is 1. The first-order valence-corrected chi connectivity index (χ1v) is 12.7. The van der Waals surface area contributed by atoms with Crippen LogP contribution in [0, 0.1) is 10.5 Å². The molecule has 34 heavy (non-hydrogen) atoms. The molecule has 3 aromatic carbocycles. The Hall–Kier alpha value is -2.78. The zero-order chi connectivity index (χ0) is 24.1. The van der Waals surface area contributed by atoms with Gasteiger partial charge in [0.15, 0.2) is 11.5 Å². The van der Waals surface area contributed by atoms with Gasteiger partial charge < -0.3 is 9.47 Å². The third-order valence-corrected chi connectivity index (χ3v) is 7.10. The number of hydrogen-bond donors (Lipinski definition) is 0. The number of carbonyl (C=O) groups excluding carboxylic acids is 2. The van der Waals surface area contributed by atoms with Crippen molar-refractivity contribution in [3.63, 3.8) is 0 Å². The number of nitrogens with zero attached hydrogens (tertiary/aromatic N) is 1. The molecule has 0 bridgehead atoms. The van der Waals surface area contributed by atoms with Crippen molar-refractivity contribution in [1.29, 1.82) is 0 Å². The van der Waals surface area contributed by atoms with Gasteiger partial charge in [-0.1, -0.05) is 60.2 Å². The van der Waals surface area contributed by atoms with E-state index in [1.807, 2.05) is 61.5 Å². The fourth-order valence-corrected chi connectivity index (χ4v) is 5.18. The number of imide groups is 1. The molecule has 5 nitrogen and oxygen atoms in total. The van der Waals surface area contributed by atoms with Gasteiger partial charge >= 0.3 is 0 Å². The highest BCUT2D eigenvalue weighted by Crippen LogP contribution is 2.37. The molecule has 1 aliphatic rings. The van der Waals surface area contributed by atoms with Crippen LogP contribution in [0.3, 0.4) is 0 Å². The van der Waals surface area contributed by atoms with Crippen LogP contribution in [0.5, 0.6) is 11.5 Å². The highest BCUT2D eigenvalue weighted by Gasteiger charge is 2.34. The van der Waals surface area contributed by atoms with Gasteiger partial charge in [0, 0.05) is 6.54 Å². The van der Waals surface area contributed by atoms with E-state index in [2.05, 4.69) is 34.7 Å². The van der Waals surface area contributed by atoms with E-state index in [4.69, 9.17) is 9.47 Å². The molecule has 1 saturated heterocycles. The second-order valence-corrected chi connectivity index (χ2v) is 10.0. The minimum atomic E-state index is -0.264. The number of halogens is 1. The maximum Gasteiger partial charge on any atom is 0.293 e. The maximum absolute atomic E-state index is 12.9. The van der Waals surface area contributed by atoms with Crippen LogP contribution in [0.2, 0.25) is 0 Å². The molecule has 174 valence electrons. The summed E-state index contributed by atoms with van der Waals surface area (Å²) in [6.45, 7) is 2.83. The van der Waals surface area contributed by atoms with Crippen LogP contribution in [0.15, 0.2) is 71.6 Å². The number of hydrogen-bond acceptors (Lipinski definition) is 5. The molecule has 0 aliphatic carbocycles. The van der Waals surface area contributed by atoms with Gasteiger partial charge in [-0.05, 0) is 82.6 Å². The van der Waals surface area contributed by atoms with Crippen LogP contribution in [-0.2, 0) is 17.8 Å². The molecule has 0 radical (unpaired) electrons. The molecule has 0 unspecified atom stereocenters. The standard InChI is InChI=1S/C27H24INO4S/c1-18-8-10-20(11-9-18)17-33-25-22(28)14-21(15-23(25)32-2)16-24-26(30)29(27(31)34-24)13-12-19-6-4-3-5-7-19/h3-11,14-16H,12-13,17H2,1-2H3/b24-16-. The van der Waals surface area contributed by atoms with Crippen molar-refractivity contribution in [2.45, 2.75) is 20.0 Å². The van der Waals surface area contributed by atoms with E-state index < -0.39 is 0 Å². The quantitative estimate of drug-likeness (QED) is 0.224. The molecule has 0 aromatic heterocycles. The van der Waals surface area contributed by atoms with Gasteiger partial charge in [-0.15, -0.1) is 0 Å². The van der Waals surface area contributed by atoms with Gasteiger partial charge in [-0.3, -0.25) is 14.5 Å². The Morgan fingerprint density at radius 2 is 1.74 bits per heavy atom. The lowest BCUT2D eigenvalue weighted by atomic mass is 10.1. The lowest BCUT2D eigenvalue weighted by Gasteiger charge is -2.14. The van der Waals surface area contributed by atoms with Crippen LogP contribution in [-0.4, -0.2) is 29.7 Å². The number of aryl methyl sites for hydroxylation is 1. The smallest absolute Gasteiger partial charge is 0.293 e. The van der Waals surface area contributed by atoms with Crippen LogP contribution in [0.4, 0.5) is 4.79 Å². The summed E-state index contributed by atoms with van der Waals surface area (Å²) in [5, 5.41) is -0.244. The molecular weight excluding hydrogens is 561 g/mol. The summed E-state index contributed by atoms with van der Waals surface area (Å²) in [5.74, 6) is 0.963. The molecule has 7 heteroatoms. The summed E-state index contributed by atoms with van der Waals surface area (Å²) in [4.78, 5) is 27.1. The summed E-state index contributed by atoms with van der Waals surface area (Å²) in [6, 6.07) is 21.8. The number of thioether (sulfide) groups is 1. The normalized spacial score (nSPS) is 14.7. The second kappa shape index (κ2) is 11.1. The van der Waals surface area contributed by atoms with Crippen LogP contribution < -0.4 is 9.47 Å². The summed E-state index contributed by atoms with van der Waals surface area (Å²) in [5.41, 5.74) is 4.13. The SMILES string of the molecule is COc1cc(/C=C2\SC(=O)N(CCc3ccccc3)C2=O)cc(I)c1OCc1ccc(C)cc1. The summed E-state index contributed by atoms with van der Waals surface area (Å²) in [7, 11) is 1.59. The number of amides is 2. The van der Waals surface area contributed by atoms with Gasteiger partial charge in [0.2, 0.25) is 0 Å². The van der Waals surface area contributed by atoms with Crippen LogP contribution in [0.1, 0.15) is 22.3 Å². The van der Waals surface area contributed by atoms with Gasteiger partial charge in [-0.25, -0.2) is 0 Å². The Labute approximate surface area is 217 Å². The highest BCUT2D eigenvalue weighted by atomic mass is 127. The molecule has 0 saturated carbocycles. The Kier molecular flexibility index (Phi) is 7.95. The molecule has 0 atom stereocenters. The monoisotopic (exact) mass is 585 g/mol. The van der Waals surface area contributed by atoms with E-state index >= 15 is 0 Å². The predicted octanol–water partition coefficient (Wildman–Crippen LogP) is 6.47. The van der Waals surface area contributed by atoms with E-state index in [9.17, 15) is 9.59 Å². The molecule has 3 aromatic rings. The average Bonchev–Trinajstić information content (AvgIpc) is 3.10. The van der Waals surface area contributed by atoms with Crippen LogP contribution >= 0.6 is 34.4 Å². The van der Waals surface area contributed by atoms with Crippen molar-refractivity contribution in [1.82, 2.24) is 4.90 Å². The lowest BCUT2D eigenvalue weighted by Crippen LogP contribution is -2.30. The summed E-state index contributed by atoms with van der Waals surface area (Å²) < 4.78 is 12.5. The van der Waals surface area contributed by atoms with E-state index in [-0.39, 0.29) is 11.1 Å². The van der Waals surface area contributed by atoms with Crippen LogP contribution in [0.25, 0.3) is 6.08 Å². The largest absolute Gasteiger partial charge is 0.493 e. The van der Waals surface area contributed by atoms with Gasteiger partial charge in [0.1, 0.15) is 6.61 Å². The molecular formula is C27H24INO4S. The van der Waals surface area contributed by atoms with E-state index in [0.717, 1.165) is 32.0 Å². The van der Waals surface area contributed by atoms with Gasteiger partial charge in [0.05, 0.1) is 15.6 Å². The number of ether oxygens (including phenoxy) is 2. The van der Waals surface area contributed by atoms with Crippen molar-refractivity contribution in [3.05, 3.63) is 97.5 Å². The van der Waals surface area contributed by atoms with Gasteiger partial charge in [0.25, 0.3) is 11.1 Å². The fourth-order valence-electron chi connectivity index (χ4n) is 3.53. The Bertz CT molecular complexity index is 1230. The third-order valence-electron chi connectivity index (χ3n) is 5.39. The minimum absolute atomic E-state index is 0.244. The van der Waals surface area contributed by atoms with Crippen molar-refractivity contribution in [3.8, 4) is 11.5 Å². The van der Waals surface area contributed by atoms with E-state index in [1.54, 1.807) is 13.2 Å². The number of carbonyl (C=O) groups is 2. The van der Waals surface area contributed by atoms with Crippen molar-refractivity contribution in [2.75, 3.05) is 13.7 Å². The maximum atomic E-state index is 12.9. The van der Waals surface area contributed by atoms with E-state index in [1.165, 1.54) is 10.5 Å². The molecule has 2 amide bonds. The third kappa shape index (κ3) is 5.82. The molecule has 0 N–H and O–H groups in total. The minimum Gasteiger partial charge on any atom is -0.493 e. The molecule has 0 spiro atoms. The Morgan fingerprint density at radius 3 is 2.44 bits per heavy atom. The topological polar surface area (TPSA) is 55.8 Å². The highest BCUT2D eigenvalue weighted by molar-refractivity contribution is 14.1. The zero-order valence-corrected chi connectivity index (χ0v) is 21.9. The predicted molar refractivity (Wildman–Crippen MR) is 144 cm³/mol. The number of rotatable bonds is 8. The van der Waals surface area contributed by atoms with Crippen molar-refractivity contribution < 1.29 is 19.1 Å². The first-order chi connectivity index (χ1) is 16.4. The first kappa shape index (κ1) is 24.3. The van der Waals surface area contributed by atoms with Crippen molar-refractivity contribution in [2.24, 2.45) is 0 Å².